The van der Waals surface area contributed by atoms with Gasteiger partial charge in [-0.3, -0.25) is 9.59 Å². The second-order valence-corrected chi connectivity index (χ2v) is 7.00. The average Bonchev–Trinajstić information content (AvgIpc) is 3.23. The molecule has 0 aliphatic heterocycles. The lowest BCUT2D eigenvalue weighted by Crippen LogP contribution is -2.31. The molecule has 0 bridgehead atoms. The SMILES string of the molecule is CC(NC(=O)CNc1ccccc1NC(=O)c1ccccc1)c1cccs1. The second-order valence-electron chi connectivity index (χ2n) is 6.02. The van der Waals surface area contributed by atoms with Gasteiger partial charge in [0.15, 0.2) is 0 Å². The van der Waals surface area contributed by atoms with Crippen LogP contribution in [0, 0.1) is 0 Å². The Balaban J connectivity index is 1.59. The summed E-state index contributed by atoms with van der Waals surface area (Å²) in [6, 6.07) is 20.3. The Morgan fingerprint density at radius 1 is 0.926 bits per heavy atom. The van der Waals surface area contributed by atoms with Crippen LogP contribution in [-0.2, 0) is 4.79 Å². The number of thiophene rings is 1. The Labute approximate surface area is 162 Å². The molecule has 1 atom stereocenters. The highest BCUT2D eigenvalue weighted by Gasteiger charge is 2.12. The van der Waals surface area contributed by atoms with Crippen molar-refractivity contribution in [2.75, 3.05) is 17.2 Å². The molecule has 0 fully saturated rings. The van der Waals surface area contributed by atoms with Crippen LogP contribution in [0.3, 0.4) is 0 Å². The largest absolute Gasteiger partial charge is 0.374 e. The van der Waals surface area contributed by atoms with Crippen molar-refractivity contribution < 1.29 is 9.59 Å². The number of hydrogen-bond donors (Lipinski definition) is 3. The van der Waals surface area contributed by atoms with E-state index in [-0.39, 0.29) is 24.4 Å². The Morgan fingerprint density at radius 2 is 1.63 bits per heavy atom. The number of carbonyl (C=O) groups excluding carboxylic acids is 2. The van der Waals surface area contributed by atoms with E-state index in [1.165, 1.54) is 0 Å². The van der Waals surface area contributed by atoms with Gasteiger partial charge in [0.2, 0.25) is 5.91 Å². The van der Waals surface area contributed by atoms with Crippen LogP contribution >= 0.6 is 11.3 Å². The maximum atomic E-state index is 12.4. The summed E-state index contributed by atoms with van der Waals surface area (Å²) in [5.41, 5.74) is 1.90. The molecule has 0 radical (unpaired) electrons. The van der Waals surface area contributed by atoms with Crippen LogP contribution in [0.1, 0.15) is 28.2 Å². The maximum Gasteiger partial charge on any atom is 0.255 e. The minimum atomic E-state index is -0.194. The molecule has 3 N–H and O–H groups in total. The molecule has 0 aliphatic carbocycles. The minimum Gasteiger partial charge on any atom is -0.374 e. The molecular formula is C21H21N3O2S. The molecule has 1 aromatic heterocycles. The second kappa shape index (κ2) is 9.00. The summed E-state index contributed by atoms with van der Waals surface area (Å²) in [4.78, 5) is 25.7. The summed E-state index contributed by atoms with van der Waals surface area (Å²) < 4.78 is 0. The van der Waals surface area contributed by atoms with Crippen molar-refractivity contribution >= 4 is 34.5 Å². The zero-order chi connectivity index (χ0) is 19.1. The van der Waals surface area contributed by atoms with E-state index in [0.29, 0.717) is 16.9 Å². The average molecular weight is 379 g/mol. The molecule has 138 valence electrons. The third-order valence-corrected chi connectivity index (χ3v) is 5.05. The first-order valence-corrected chi connectivity index (χ1v) is 9.53. The Hall–Kier alpha value is -3.12. The first-order valence-electron chi connectivity index (χ1n) is 8.65. The summed E-state index contributed by atoms with van der Waals surface area (Å²) in [7, 11) is 0. The lowest BCUT2D eigenvalue weighted by Gasteiger charge is -2.15. The lowest BCUT2D eigenvalue weighted by molar-refractivity contribution is -0.120. The molecule has 2 aromatic carbocycles. The molecule has 27 heavy (non-hydrogen) atoms. The number of nitrogens with one attached hydrogen (secondary N) is 3. The smallest absolute Gasteiger partial charge is 0.255 e. The van der Waals surface area contributed by atoms with Crippen LogP contribution in [0.4, 0.5) is 11.4 Å². The van der Waals surface area contributed by atoms with Gasteiger partial charge in [-0.25, -0.2) is 0 Å². The first-order chi connectivity index (χ1) is 13.1. The molecule has 3 rings (SSSR count). The summed E-state index contributed by atoms with van der Waals surface area (Å²) in [6.45, 7) is 2.08. The number of amides is 2. The summed E-state index contributed by atoms with van der Waals surface area (Å²) in [5, 5.41) is 10.9. The highest BCUT2D eigenvalue weighted by Crippen LogP contribution is 2.22. The number of para-hydroxylation sites is 2. The van der Waals surface area contributed by atoms with Crippen molar-refractivity contribution in [3.8, 4) is 0 Å². The van der Waals surface area contributed by atoms with Gasteiger partial charge in [-0.1, -0.05) is 36.4 Å². The van der Waals surface area contributed by atoms with Crippen molar-refractivity contribution in [3.05, 3.63) is 82.6 Å². The molecule has 2 amide bonds. The summed E-state index contributed by atoms with van der Waals surface area (Å²) in [5.74, 6) is -0.305. The van der Waals surface area contributed by atoms with E-state index in [1.807, 2.05) is 60.8 Å². The number of benzene rings is 2. The fourth-order valence-corrected chi connectivity index (χ4v) is 3.34. The number of hydrogen-bond acceptors (Lipinski definition) is 4. The highest BCUT2D eigenvalue weighted by atomic mass is 32.1. The van der Waals surface area contributed by atoms with E-state index < -0.39 is 0 Å². The van der Waals surface area contributed by atoms with Crippen LogP contribution < -0.4 is 16.0 Å². The molecule has 1 heterocycles. The molecule has 5 nitrogen and oxygen atoms in total. The zero-order valence-corrected chi connectivity index (χ0v) is 15.8. The molecule has 1 unspecified atom stereocenters. The van der Waals surface area contributed by atoms with E-state index >= 15 is 0 Å². The van der Waals surface area contributed by atoms with Crippen molar-refractivity contribution in [1.82, 2.24) is 5.32 Å². The van der Waals surface area contributed by atoms with Gasteiger partial charge in [0, 0.05) is 10.4 Å². The van der Waals surface area contributed by atoms with Crippen LogP contribution in [-0.4, -0.2) is 18.4 Å². The number of rotatable bonds is 7. The van der Waals surface area contributed by atoms with Gasteiger partial charge in [-0.15, -0.1) is 11.3 Å². The predicted molar refractivity (Wildman–Crippen MR) is 110 cm³/mol. The standard InChI is InChI=1S/C21H21N3O2S/c1-15(19-12-7-13-27-19)23-20(25)14-22-17-10-5-6-11-18(17)24-21(26)16-8-3-2-4-9-16/h2-13,15,22H,14H2,1H3,(H,23,25)(H,24,26). The van der Waals surface area contributed by atoms with Crippen LogP contribution in [0.2, 0.25) is 0 Å². The summed E-state index contributed by atoms with van der Waals surface area (Å²) >= 11 is 1.61. The fourth-order valence-electron chi connectivity index (χ4n) is 2.61. The molecular weight excluding hydrogens is 358 g/mol. The minimum absolute atomic E-state index is 0.0349. The quantitative estimate of drug-likeness (QED) is 0.573. The topological polar surface area (TPSA) is 70.2 Å². The van der Waals surface area contributed by atoms with Gasteiger partial charge >= 0.3 is 0 Å². The first kappa shape index (κ1) is 18.7. The Bertz CT molecular complexity index is 895. The number of carbonyl (C=O) groups is 2. The normalized spacial score (nSPS) is 11.4. The van der Waals surface area contributed by atoms with Crippen molar-refractivity contribution in [1.29, 1.82) is 0 Å². The van der Waals surface area contributed by atoms with Crippen molar-refractivity contribution in [3.63, 3.8) is 0 Å². The van der Waals surface area contributed by atoms with Gasteiger partial charge in [0.05, 0.1) is 24.0 Å². The van der Waals surface area contributed by atoms with E-state index in [4.69, 9.17) is 0 Å². The fraction of sp³-hybridized carbons (Fsp3) is 0.143. The van der Waals surface area contributed by atoms with Crippen LogP contribution in [0.25, 0.3) is 0 Å². The molecule has 0 saturated carbocycles. The van der Waals surface area contributed by atoms with E-state index in [0.717, 1.165) is 4.88 Å². The van der Waals surface area contributed by atoms with E-state index in [9.17, 15) is 9.59 Å². The van der Waals surface area contributed by atoms with Crippen LogP contribution in [0.5, 0.6) is 0 Å². The molecule has 0 saturated heterocycles. The van der Waals surface area contributed by atoms with Gasteiger partial charge in [-0.05, 0) is 42.6 Å². The third-order valence-electron chi connectivity index (χ3n) is 4.00. The van der Waals surface area contributed by atoms with Crippen molar-refractivity contribution in [2.24, 2.45) is 0 Å². The van der Waals surface area contributed by atoms with Gasteiger partial charge in [0.25, 0.3) is 5.91 Å². The van der Waals surface area contributed by atoms with Crippen molar-refractivity contribution in [2.45, 2.75) is 13.0 Å². The molecule has 0 aliphatic rings. The molecule has 0 spiro atoms. The Kier molecular flexibility index (Phi) is 6.22. The third kappa shape index (κ3) is 5.18. The monoisotopic (exact) mass is 379 g/mol. The highest BCUT2D eigenvalue weighted by molar-refractivity contribution is 7.10. The summed E-state index contributed by atoms with van der Waals surface area (Å²) in [6.07, 6.45) is 0. The number of anilines is 2. The van der Waals surface area contributed by atoms with E-state index in [1.54, 1.807) is 29.5 Å². The van der Waals surface area contributed by atoms with Gasteiger partial charge in [0.1, 0.15) is 0 Å². The lowest BCUT2D eigenvalue weighted by atomic mass is 10.2. The maximum absolute atomic E-state index is 12.4. The molecule has 3 aromatic rings. The zero-order valence-electron chi connectivity index (χ0n) is 14.9. The molecule has 6 heteroatoms. The van der Waals surface area contributed by atoms with Gasteiger partial charge in [-0.2, -0.15) is 0 Å². The predicted octanol–water partition coefficient (Wildman–Crippen LogP) is 4.29. The van der Waals surface area contributed by atoms with E-state index in [2.05, 4.69) is 16.0 Å². The van der Waals surface area contributed by atoms with Crippen LogP contribution in [0.15, 0.2) is 72.1 Å². The van der Waals surface area contributed by atoms with Gasteiger partial charge < -0.3 is 16.0 Å². The Morgan fingerprint density at radius 3 is 2.33 bits per heavy atom.